The van der Waals surface area contributed by atoms with Crippen molar-refractivity contribution in [2.24, 2.45) is 7.05 Å². The fourth-order valence-corrected chi connectivity index (χ4v) is 2.55. The molecule has 0 aliphatic rings. The summed E-state index contributed by atoms with van der Waals surface area (Å²) in [7, 11) is 3.98. The molecule has 1 atom stereocenters. The van der Waals surface area contributed by atoms with E-state index in [0.29, 0.717) is 0 Å². The molecule has 0 bridgehead atoms. The maximum atomic E-state index is 4.49. The lowest BCUT2D eigenvalue weighted by Gasteiger charge is -2.16. The van der Waals surface area contributed by atoms with E-state index in [1.54, 1.807) is 0 Å². The lowest BCUT2D eigenvalue weighted by Crippen LogP contribution is -2.19. The Labute approximate surface area is 118 Å². The molecule has 0 saturated heterocycles. The monoisotopic (exact) mass is 266 g/mol. The number of aryl methyl sites for hydroxylation is 1. The second-order valence-corrected chi connectivity index (χ2v) is 4.97. The standard InChI is InChI=1S/C16H18N4/c1-17-10-13(14-5-3-4-8-18-14)12-6-7-16-15(9-12)19-11-20(16)2/h3-9,11,13,17H,10H2,1-2H3. The molecule has 2 heterocycles. The summed E-state index contributed by atoms with van der Waals surface area (Å²) in [5.41, 5.74) is 4.50. The first kappa shape index (κ1) is 12.8. The molecule has 4 heteroatoms. The predicted molar refractivity (Wildman–Crippen MR) is 80.7 cm³/mol. The van der Waals surface area contributed by atoms with Crippen LogP contribution in [0.2, 0.25) is 0 Å². The molecule has 0 saturated carbocycles. The Morgan fingerprint density at radius 3 is 2.85 bits per heavy atom. The molecular formula is C16H18N4. The van der Waals surface area contributed by atoms with Crippen LogP contribution < -0.4 is 5.32 Å². The summed E-state index contributed by atoms with van der Waals surface area (Å²) in [5.74, 6) is 0.243. The number of fused-ring (bicyclic) bond motifs is 1. The van der Waals surface area contributed by atoms with Gasteiger partial charge in [-0.25, -0.2) is 4.98 Å². The van der Waals surface area contributed by atoms with Crippen molar-refractivity contribution >= 4 is 11.0 Å². The van der Waals surface area contributed by atoms with Gasteiger partial charge in [-0.05, 0) is 36.9 Å². The average molecular weight is 266 g/mol. The SMILES string of the molecule is CNCC(c1ccc2c(c1)ncn2C)c1ccccn1. The van der Waals surface area contributed by atoms with Crippen LogP contribution >= 0.6 is 0 Å². The van der Waals surface area contributed by atoms with E-state index in [4.69, 9.17) is 0 Å². The fourth-order valence-electron chi connectivity index (χ4n) is 2.55. The highest BCUT2D eigenvalue weighted by molar-refractivity contribution is 5.76. The van der Waals surface area contributed by atoms with Crippen molar-refractivity contribution in [2.45, 2.75) is 5.92 Å². The van der Waals surface area contributed by atoms with Crippen molar-refractivity contribution < 1.29 is 0 Å². The zero-order valence-electron chi connectivity index (χ0n) is 11.7. The molecule has 1 aromatic carbocycles. The molecular weight excluding hydrogens is 248 g/mol. The molecule has 0 radical (unpaired) electrons. The van der Waals surface area contributed by atoms with Crippen molar-refractivity contribution in [1.82, 2.24) is 19.9 Å². The lowest BCUT2D eigenvalue weighted by molar-refractivity contribution is 0.692. The number of hydrogen-bond acceptors (Lipinski definition) is 3. The minimum atomic E-state index is 0.243. The van der Waals surface area contributed by atoms with Gasteiger partial charge in [0, 0.05) is 31.4 Å². The van der Waals surface area contributed by atoms with Crippen LogP contribution in [0, 0.1) is 0 Å². The third kappa shape index (κ3) is 2.30. The van der Waals surface area contributed by atoms with E-state index in [1.165, 1.54) is 5.56 Å². The largest absolute Gasteiger partial charge is 0.334 e. The first-order valence-electron chi connectivity index (χ1n) is 6.76. The highest BCUT2D eigenvalue weighted by atomic mass is 15.0. The van der Waals surface area contributed by atoms with E-state index in [2.05, 4.69) is 39.6 Å². The fraction of sp³-hybridized carbons (Fsp3) is 0.250. The van der Waals surface area contributed by atoms with E-state index in [1.807, 2.05) is 43.3 Å². The third-order valence-electron chi connectivity index (χ3n) is 3.60. The van der Waals surface area contributed by atoms with Crippen LogP contribution in [0.4, 0.5) is 0 Å². The van der Waals surface area contributed by atoms with Gasteiger partial charge in [0.15, 0.2) is 0 Å². The Hall–Kier alpha value is -2.20. The van der Waals surface area contributed by atoms with Crippen molar-refractivity contribution in [1.29, 1.82) is 0 Å². The second-order valence-electron chi connectivity index (χ2n) is 4.97. The van der Waals surface area contributed by atoms with Gasteiger partial charge in [0.2, 0.25) is 0 Å². The van der Waals surface area contributed by atoms with Gasteiger partial charge >= 0.3 is 0 Å². The molecule has 3 aromatic rings. The Morgan fingerprint density at radius 2 is 2.10 bits per heavy atom. The molecule has 4 nitrogen and oxygen atoms in total. The van der Waals surface area contributed by atoms with Gasteiger partial charge in [-0.2, -0.15) is 0 Å². The van der Waals surface area contributed by atoms with Crippen molar-refractivity contribution in [3.05, 3.63) is 60.2 Å². The molecule has 0 aliphatic heterocycles. The number of nitrogens with zero attached hydrogens (tertiary/aromatic N) is 3. The van der Waals surface area contributed by atoms with Gasteiger partial charge in [0.25, 0.3) is 0 Å². The van der Waals surface area contributed by atoms with Crippen molar-refractivity contribution in [3.63, 3.8) is 0 Å². The van der Waals surface area contributed by atoms with Crippen molar-refractivity contribution in [2.75, 3.05) is 13.6 Å². The molecule has 1 unspecified atom stereocenters. The summed E-state index contributed by atoms with van der Waals surface area (Å²) in [6.45, 7) is 0.857. The molecule has 0 fully saturated rings. The van der Waals surface area contributed by atoms with Crippen LogP contribution in [0.5, 0.6) is 0 Å². The zero-order chi connectivity index (χ0) is 13.9. The third-order valence-corrected chi connectivity index (χ3v) is 3.60. The van der Waals surface area contributed by atoms with Crippen LogP contribution in [0.15, 0.2) is 48.9 Å². The quantitative estimate of drug-likeness (QED) is 0.788. The normalized spacial score (nSPS) is 12.7. The molecule has 0 spiro atoms. The van der Waals surface area contributed by atoms with E-state index in [9.17, 15) is 0 Å². The lowest BCUT2D eigenvalue weighted by atomic mass is 9.94. The van der Waals surface area contributed by atoms with Crippen LogP contribution in [-0.4, -0.2) is 28.1 Å². The number of nitrogens with one attached hydrogen (secondary N) is 1. The first-order valence-corrected chi connectivity index (χ1v) is 6.76. The van der Waals surface area contributed by atoms with Crippen LogP contribution in [0.25, 0.3) is 11.0 Å². The van der Waals surface area contributed by atoms with Gasteiger partial charge < -0.3 is 9.88 Å². The zero-order valence-corrected chi connectivity index (χ0v) is 11.7. The van der Waals surface area contributed by atoms with Gasteiger partial charge in [-0.3, -0.25) is 4.98 Å². The first-order chi connectivity index (χ1) is 9.79. The summed E-state index contributed by atoms with van der Waals surface area (Å²) in [5, 5.41) is 3.25. The van der Waals surface area contributed by atoms with Crippen LogP contribution in [0.3, 0.4) is 0 Å². The summed E-state index contributed by atoms with van der Waals surface area (Å²) < 4.78 is 2.03. The summed E-state index contributed by atoms with van der Waals surface area (Å²) in [6, 6.07) is 12.5. The molecule has 0 amide bonds. The number of aromatic nitrogens is 3. The van der Waals surface area contributed by atoms with Crippen LogP contribution in [-0.2, 0) is 7.05 Å². The number of hydrogen-bond donors (Lipinski definition) is 1. The van der Waals surface area contributed by atoms with Gasteiger partial charge in [0.1, 0.15) is 0 Å². The Kier molecular flexibility index (Phi) is 3.48. The van der Waals surface area contributed by atoms with E-state index < -0.39 is 0 Å². The van der Waals surface area contributed by atoms with Crippen LogP contribution in [0.1, 0.15) is 17.2 Å². The van der Waals surface area contributed by atoms with Crippen molar-refractivity contribution in [3.8, 4) is 0 Å². The molecule has 102 valence electrons. The molecule has 20 heavy (non-hydrogen) atoms. The summed E-state index contributed by atoms with van der Waals surface area (Å²) >= 11 is 0. The highest BCUT2D eigenvalue weighted by Crippen LogP contribution is 2.25. The van der Waals surface area contributed by atoms with E-state index in [0.717, 1.165) is 23.3 Å². The smallest absolute Gasteiger partial charge is 0.0955 e. The number of rotatable bonds is 4. The minimum Gasteiger partial charge on any atom is -0.334 e. The number of benzene rings is 1. The van der Waals surface area contributed by atoms with Gasteiger partial charge in [-0.1, -0.05) is 12.1 Å². The summed E-state index contributed by atoms with van der Waals surface area (Å²) in [6.07, 6.45) is 3.69. The highest BCUT2D eigenvalue weighted by Gasteiger charge is 2.15. The minimum absolute atomic E-state index is 0.243. The average Bonchev–Trinajstić information content (AvgIpc) is 2.86. The molecule has 1 N–H and O–H groups in total. The summed E-state index contributed by atoms with van der Waals surface area (Å²) in [4.78, 5) is 8.93. The Morgan fingerprint density at radius 1 is 1.20 bits per heavy atom. The maximum absolute atomic E-state index is 4.49. The second kappa shape index (κ2) is 5.43. The Balaban J connectivity index is 2.05. The predicted octanol–water partition coefficient (Wildman–Crippen LogP) is 2.32. The molecule has 3 rings (SSSR count). The van der Waals surface area contributed by atoms with Gasteiger partial charge in [0.05, 0.1) is 17.4 Å². The topological polar surface area (TPSA) is 42.7 Å². The molecule has 0 aliphatic carbocycles. The van der Waals surface area contributed by atoms with E-state index in [-0.39, 0.29) is 5.92 Å². The number of likely N-dealkylation sites (N-methyl/N-ethyl adjacent to an activating group) is 1. The number of pyridine rings is 1. The van der Waals surface area contributed by atoms with Gasteiger partial charge in [-0.15, -0.1) is 0 Å². The molecule has 2 aromatic heterocycles. The number of imidazole rings is 1. The Bertz CT molecular complexity index is 703. The van der Waals surface area contributed by atoms with E-state index >= 15 is 0 Å². The maximum Gasteiger partial charge on any atom is 0.0955 e.